The van der Waals surface area contributed by atoms with Crippen LogP contribution in [0.25, 0.3) is 0 Å². The lowest BCUT2D eigenvalue weighted by Gasteiger charge is -2.69. The van der Waals surface area contributed by atoms with Crippen LogP contribution in [0.2, 0.25) is 0 Å². The van der Waals surface area contributed by atoms with Crippen molar-refractivity contribution in [1.82, 2.24) is 0 Å². The molecule has 6 rings (SSSR count). The molecule has 0 saturated heterocycles. The first-order chi connectivity index (χ1) is 21.0. The predicted octanol–water partition coefficient (Wildman–Crippen LogP) is 8.73. The number of rotatable bonds is 5. The van der Waals surface area contributed by atoms with E-state index in [1.54, 1.807) is 0 Å². The van der Waals surface area contributed by atoms with Crippen LogP contribution in [-0.2, 0) is 25.7 Å². The van der Waals surface area contributed by atoms with Crippen LogP contribution in [0.3, 0.4) is 0 Å². The molecule has 0 bridgehead atoms. The van der Waals surface area contributed by atoms with Crippen LogP contribution in [-0.4, -0.2) is 17.5 Å². The van der Waals surface area contributed by atoms with Crippen LogP contribution < -0.4 is 0 Å². The van der Waals surface area contributed by atoms with E-state index in [4.69, 9.17) is 4.74 Å². The largest absolute Gasteiger partial charge is 0.461 e. The third-order valence-corrected chi connectivity index (χ3v) is 14.1. The van der Waals surface area contributed by atoms with Crippen molar-refractivity contribution in [3.63, 3.8) is 0 Å². The molecule has 0 amide bonds. The smallest absolute Gasteiger partial charge is 0.306 e. The second-order valence-electron chi connectivity index (χ2n) is 17.3. The summed E-state index contributed by atoms with van der Waals surface area (Å²) < 4.78 is 5.71. The van der Waals surface area contributed by atoms with Crippen molar-refractivity contribution >= 4 is 17.5 Å². The van der Waals surface area contributed by atoms with Crippen LogP contribution >= 0.6 is 0 Å². The highest BCUT2D eigenvalue weighted by molar-refractivity contribution is 6.04. The summed E-state index contributed by atoms with van der Waals surface area (Å²) in [5, 5.41) is 9.98. The summed E-state index contributed by atoms with van der Waals surface area (Å²) in [6.45, 7) is 15.9. The highest BCUT2D eigenvalue weighted by Gasteiger charge is 2.69. The van der Waals surface area contributed by atoms with Gasteiger partial charge in [0.1, 0.15) is 12.7 Å². The second-order valence-corrected chi connectivity index (χ2v) is 17.3. The van der Waals surface area contributed by atoms with Crippen LogP contribution in [0.4, 0.5) is 0 Å². The van der Waals surface area contributed by atoms with E-state index in [0.717, 1.165) is 62.5 Å². The predicted molar refractivity (Wildman–Crippen MR) is 174 cm³/mol. The molecule has 5 nitrogen and oxygen atoms in total. The van der Waals surface area contributed by atoms with Crippen LogP contribution in [0.5, 0.6) is 0 Å². The first-order valence-electron chi connectivity index (χ1n) is 17.2. The van der Waals surface area contributed by atoms with Gasteiger partial charge in [0.25, 0.3) is 0 Å². The maximum atomic E-state index is 14.7. The molecule has 5 aliphatic rings. The van der Waals surface area contributed by atoms with E-state index in [2.05, 4.69) is 40.7 Å². The number of allylic oxidation sites excluding steroid dienone is 4. The second kappa shape index (κ2) is 10.5. The minimum absolute atomic E-state index is 0.0417. The summed E-state index contributed by atoms with van der Waals surface area (Å²) in [6.07, 6.45) is 11.9. The number of carbonyl (C=O) groups excluding carboxylic acids is 3. The SMILES string of the molecule is CC1(C)CC[C@]2(CCC(=O)OCc3ccccc3)CC[C@]3(C)[C@@H](C(=O)C=C4[C@@]5(C)C=C(C#N)C(=O)C(C)(C)[C@@H]5CC[C@]43C)C2C1. The van der Waals surface area contributed by atoms with E-state index in [1.807, 2.05) is 56.3 Å². The third-order valence-electron chi connectivity index (χ3n) is 14.1. The van der Waals surface area contributed by atoms with Gasteiger partial charge in [0, 0.05) is 23.2 Å². The standard InChI is InChI=1S/C40H51NO4/c1-35(2)17-19-40(16-14-32(43)45-25-26-11-9-8-10-12-26)20-18-39(7)33(28(40)23-35)29(42)21-31-37(5)22-27(24-41)34(44)36(3,4)30(37)13-15-38(31,39)6/h8-12,21-22,28,30,33H,13-20,23,25H2,1-7H3/t28?,30-,33+,37-,38+,39+,40+/m0/s1. The number of nitriles is 1. The molecule has 1 aromatic rings. The number of hydrogen-bond acceptors (Lipinski definition) is 5. The van der Waals surface area contributed by atoms with Crippen molar-refractivity contribution < 1.29 is 19.1 Å². The fourth-order valence-electron chi connectivity index (χ4n) is 11.3. The molecule has 1 aromatic carbocycles. The van der Waals surface area contributed by atoms with Crippen molar-refractivity contribution in [2.45, 2.75) is 113 Å². The Morgan fingerprint density at radius 1 is 0.956 bits per heavy atom. The number of ether oxygens (including phenoxy) is 1. The summed E-state index contributed by atoms with van der Waals surface area (Å²) in [5.74, 6) is 0.112. The van der Waals surface area contributed by atoms with Gasteiger partial charge in [-0.1, -0.05) is 90.4 Å². The molecule has 5 aliphatic carbocycles. The number of ketones is 2. The molecule has 3 fully saturated rings. The Morgan fingerprint density at radius 2 is 1.64 bits per heavy atom. The van der Waals surface area contributed by atoms with Gasteiger partial charge in [-0.25, -0.2) is 0 Å². The Kier molecular flexibility index (Phi) is 7.47. The number of carbonyl (C=O) groups is 3. The van der Waals surface area contributed by atoms with E-state index in [0.29, 0.717) is 13.0 Å². The Balaban J connectivity index is 1.35. The molecule has 0 N–H and O–H groups in total. The molecular formula is C40H51NO4. The molecule has 7 atom stereocenters. The summed E-state index contributed by atoms with van der Waals surface area (Å²) in [5.41, 5.74) is 0.768. The molecular weight excluding hydrogens is 558 g/mol. The normalized spacial score (nSPS) is 39.6. The van der Waals surface area contributed by atoms with E-state index >= 15 is 0 Å². The van der Waals surface area contributed by atoms with Crippen LogP contribution in [0.1, 0.15) is 112 Å². The minimum Gasteiger partial charge on any atom is -0.461 e. The Bertz CT molecular complexity index is 1530. The van der Waals surface area contributed by atoms with Gasteiger partial charge in [0.2, 0.25) is 0 Å². The van der Waals surface area contributed by atoms with Gasteiger partial charge in [0.05, 0.1) is 5.57 Å². The van der Waals surface area contributed by atoms with Crippen molar-refractivity contribution in [2.24, 2.45) is 50.2 Å². The summed E-state index contributed by atoms with van der Waals surface area (Å²) in [7, 11) is 0. The monoisotopic (exact) mass is 609 g/mol. The average molecular weight is 610 g/mol. The molecule has 5 heteroatoms. The van der Waals surface area contributed by atoms with Gasteiger partial charge < -0.3 is 4.74 Å². The van der Waals surface area contributed by atoms with E-state index < -0.39 is 10.8 Å². The fraction of sp³-hybridized carbons (Fsp3) is 0.650. The first kappa shape index (κ1) is 32.0. The van der Waals surface area contributed by atoms with E-state index in [1.165, 1.54) is 0 Å². The average Bonchev–Trinajstić information content (AvgIpc) is 2.99. The number of esters is 1. The molecule has 3 saturated carbocycles. The highest BCUT2D eigenvalue weighted by atomic mass is 16.5. The van der Waals surface area contributed by atoms with Gasteiger partial charge >= 0.3 is 5.97 Å². The highest BCUT2D eigenvalue weighted by Crippen LogP contribution is 2.75. The quantitative estimate of drug-likeness (QED) is 0.312. The number of hydrogen-bond donors (Lipinski definition) is 0. The molecule has 0 aromatic heterocycles. The lowest BCUT2D eigenvalue weighted by Crippen LogP contribution is -2.64. The topological polar surface area (TPSA) is 84.2 Å². The summed E-state index contributed by atoms with van der Waals surface area (Å²) in [4.78, 5) is 41.1. The third kappa shape index (κ3) is 4.72. The number of nitrogens with zero attached hydrogens (tertiary/aromatic N) is 1. The number of benzene rings is 1. The lowest BCUT2D eigenvalue weighted by molar-refractivity contribution is -0.174. The fourth-order valence-corrected chi connectivity index (χ4v) is 11.3. The van der Waals surface area contributed by atoms with Crippen LogP contribution in [0.15, 0.2) is 53.6 Å². The maximum absolute atomic E-state index is 14.7. The van der Waals surface area contributed by atoms with Gasteiger partial charge in [-0.3, -0.25) is 14.4 Å². The van der Waals surface area contributed by atoms with Crippen molar-refractivity contribution in [1.29, 1.82) is 5.26 Å². The molecule has 1 unspecified atom stereocenters. The van der Waals surface area contributed by atoms with Crippen molar-refractivity contribution in [2.75, 3.05) is 0 Å². The molecule has 0 spiro atoms. The zero-order chi connectivity index (χ0) is 32.6. The number of fused-ring (bicyclic) bond motifs is 7. The molecule has 0 heterocycles. The Labute approximate surface area is 269 Å². The van der Waals surface area contributed by atoms with Crippen molar-refractivity contribution in [3.05, 3.63) is 59.2 Å². The van der Waals surface area contributed by atoms with E-state index in [-0.39, 0.29) is 62.5 Å². The Hall–Kier alpha value is -3.00. The zero-order valence-corrected chi connectivity index (χ0v) is 28.4. The van der Waals surface area contributed by atoms with Gasteiger partial charge in [-0.05, 0) is 96.5 Å². The molecule has 45 heavy (non-hydrogen) atoms. The first-order valence-corrected chi connectivity index (χ1v) is 17.2. The number of Topliss-reactive ketones (excluding diaryl/α,β-unsaturated/α-hetero) is 1. The van der Waals surface area contributed by atoms with Crippen LogP contribution in [0, 0.1) is 61.6 Å². The van der Waals surface area contributed by atoms with E-state index in [9.17, 15) is 19.6 Å². The van der Waals surface area contributed by atoms with Gasteiger partial charge in [-0.15, -0.1) is 0 Å². The summed E-state index contributed by atoms with van der Waals surface area (Å²) in [6, 6.07) is 12.0. The van der Waals surface area contributed by atoms with Gasteiger partial charge in [0.15, 0.2) is 11.6 Å². The zero-order valence-electron chi connectivity index (χ0n) is 28.4. The lowest BCUT2D eigenvalue weighted by atomic mass is 9.34. The summed E-state index contributed by atoms with van der Waals surface area (Å²) >= 11 is 0. The molecule has 0 aliphatic heterocycles. The minimum atomic E-state index is -0.665. The van der Waals surface area contributed by atoms with Gasteiger partial charge in [-0.2, -0.15) is 5.26 Å². The molecule has 240 valence electrons. The molecule has 0 radical (unpaired) electrons. The maximum Gasteiger partial charge on any atom is 0.306 e. The van der Waals surface area contributed by atoms with Crippen molar-refractivity contribution in [3.8, 4) is 6.07 Å². The Morgan fingerprint density at radius 3 is 2.33 bits per heavy atom.